The molecular weight excluding hydrogens is 336 g/mol. The number of anilines is 1. The van der Waals surface area contributed by atoms with E-state index in [9.17, 15) is 0 Å². The summed E-state index contributed by atoms with van der Waals surface area (Å²) in [5.41, 5.74) is 0. The molecule has 0 aliphatic carbocycles. The van der Waals surface area contributed by atoms with Crippen molar-refractivity contribution in [3.63, 3.8) is 0 Å². The van der Waals surface area contributed by atoms with Gasteiger partial charge in [-0.15, -0.1) is 0 Å². The normalized spacial score (nSPS) is 28.5. The second kappa shape index (κ2) is 4.27. The average molecular weight is 348 g/mol. The number of hydrogen-bond donors (Lipinski definition) is 0. The molecule has 2 aliphatic heterocycles. The molecule has 0 aromatic carbocycles. The lowest BCUT2D eigenvalue weighted by atomic mass is 10.2. The predicted octanol–water partition coefficient (Wildman–Crippen LogP) is 2.97. The van der Waals surface area contributed by atoms with Gasteiger partial charge in [0, 0.05) is 23.8 Å². The van der Waals surface area contributed by atoms with Crippen LogP contribution in [0.4, 0.5) is 5.82 Å². The zero-order valence-corrected chi connectivity index (χ0v) is 11.9. The van der Waals surface area contributed by atoms with Gasteiger partial charge in [-0.1, -0.05) is 0 Å². The molecule has 3 rings (SSSR count). The Morgan fingerprint density at radius 3 is 2.56 bits per heavy atom. The van der Waals surface area contributed by atoms with Crippen LogP contribution >= 0.6 is 31.9 Å². The van der Waals surface area contributed by atoms with E-state index < -0.39 is 0 Å². The molecule has 0 spiro atoms. The van der Waals surface area contributed by atoms with Crippen molar-refractivity contribution >= 4 is 37.7 Å². The number of rotatable bonds is 1. The van der Waals surface area contributed by atoms with Crippen LogP contribution in [0.25, 0.3) is 0 Å². The molecule has 3 heterocycles. The third-order valence-corrected chi connectivity index (χ3v) is 4.15. The van der Waals surface area contributed by atoms with Gasteiger partial charge in [-0.2, -0.15) is 0 Å². The molecule has 2 saturated heterocycles. The molecule has 16 heavy (non-hydrogen) atoms. The number of nitrogens with zero attached hydrogens (tertiary/aromatic N) is 2. The molecule has 0 radical (unpaired) electrons. The highest BCUT2D eigenvalue weighted by Gasteiger charge is 2.34. The van der Waals surface area contributed by atoms with E-state index in [0.29, 0.717) is 12.2 Å². The lowest BCUT2D eigenvalue weighted by molar-refractivity contribution is 0.0302. The van der Waals surface area contributed by atoms with Crippen LogP contribution in [-0.4, -0.2) is 30.3 Å². The van der Waals surface area contributed by atoms with E-state index in [4.69, 9.17) is 4.74 Å². The first-order valence-corrected chi connectivity index (χ1v) is 7.02. The number of hydrogen-bond acceptors (Lipinski definition) is 3. The summed E-state index contributed by atoms with van der Waals surface area (Å²) < 4.78 is 7.86. The molecule has 3 nitrogen and oxygen atoms in total. The summed E-state index contributed by atoms with van der Waals surface area (Å²) in [7, 11) is 0. The van der Waals surface area contributed by atoms with Crippen LogP contribution in [-0.2, 0) is 4.74 Å². The smallest absolute Gasteiger partial charge is 0.143 e. The van der Waals surface area contributed by atoms with Gasteiger partial charge < -0.3 is 9.64 Å². The lowest BCUT2D eigenvalue weighted by Crippen LogP contribution is -2.43. The maximum atomic E-state index is 5.82. The highest BCUT2D eigenvalue weighted by Crippen LogP contribution is 2.33. The molecule has 86 valence electrons. The summed E-state index contributed by atoms with van der Waals surface area (Å²) in [5.74, 6) is 1.03. The Labute approximate surface area is 111 Å². The van der Waals surface area contributed by atoms with Gasteiger partial charge in [0.1, 0.15) is 5.82 Å². The first-order valence-electron chi connectivity index (χ1n) is 5.44. The van der Waals surface area contributed by atoms with Crippen molar-refractivity contribution < 1.29 is 4.74 Å². The fraction of sp³-hybridized carbons (Fsp3) is 0.545. The van der Waals surface area contributed by atoms with Gasteiger partial charge in [-0.3, -0.25) is 0 Å². The van der Waals surface area contributed by atoms with Gasteiger partial charge in [-0.25, -0.2) is 4.98 Å². The van der Waals surface area contributed by atoms with Gasteiger partial charge in [0.2, 0.25) is 0 Å². The number of ether oxygens (including phenoxy) is 1. The summed E-state index contributed by atoms with van der Waals surface area (Å²) in [5, 5.41) is 0. The van der Waals surface area contributed by atoms with Crippen LogP contribution in [0.5, 0.6) is 0 Å². The Kier molecular flexibility index (Phi) is 2.94. The molecule has 0 saturated carbocycles. The molecule has 2 unspecified atom stereocenters. The fourth-order valence-corrected chi connectivity index (χ4v) is 3.67. The summed E-state index contributed by atoms with van der Waals surface area (Å²) in [6.45, 7) is 1.92. The van der Waals surface area contributed by atoms with Crippen molar-refractivity contribution in [3.05, 3.63) is 21.2 Å². The van der Waals surface area contributed by atoms with E-state index in [1.54, 1.807) is 0 Å². The van der Waals surface area contributed by atoms with E-state index in [2.05, 4.69) is 41.7 Å². The van der Waals surface area contributed by atoms with Crippen molar-refractivity contribution in [1.82, 2.24) is 4.98 Å². The highest BCUT2D eigenvalue weighted by molar-refractivity contribution is 9.11. The van der Waals surface area contributed by atoms with Crippen molar-refractivity contribution in [1.29, 1.82) is 0 Å². The number of pyridine rings is 1. The van der Waals surface area contributed by atoms with Gasteiger partial charge in [0.15, 0.2) is 0 Å². The molecular formula is C11H12Br2N2O. The predicted molar refractivity (Wildman–Crippen MR) is 69.7 cm³/mol. The summed E-state index contributed by atoms with van der Waals surface area (Å²) >= 11 is 6.99. The number of fused-ring (bicyclic) bond motifs is 2. The van der Waals surface area contributed by atoms with Crippen LogP contribution in [0, 0.1) is 0 Å². The fourth-order valence-electron chi connectivity index (χ4n) is 2.43. The van der Waals surface area contributed by atoms with Crippen LogP contribution in [0.3, 0.4) is 0 Å². The molecule has 2 aliphatic rings. The molecule has 1 aromatic heterocycles. The summed E-state index contributed by atoms with van der Waals surface area (Å²) in [6, 6.07) is 2.04. The molecule has 2 bridgehead atoms. The van der Waals surface area contributed by atoms with E-state index in [-0.39, 0.29) is 0 Å². The molecule has 0 amide bonds. The van der Waals surface area contributed by atoms with Crippen LogP contribution in [0.15, 0.2) is 21.2 Å². The molecule has 0 N–H and O–H groups in total. The zero-order chi connectivity index (χ0) is 11.1. The third kappa shape index (κ3) is 2.00. The van der Waals surface area contributed by atoms with Crippen LogP contribution in [0.2, 0.25) is 0 Å². The quantitative estimate of drug-likeness (QED) is 0.781. The maximum Gasteiger partial charge on any atom is 0.143 e. The Balaban J connectivity index is 1.87. The molecule has 5 heteroatoms. The largest absolute Gasteiger partial charge is 0.371 e. The highest BCUT2D eigenvalue weighted by atomic mass is 79.9. The SMILES string of the molecule is Brc1cnc(N2CC3CCC(C2)O3)c(Br)c1. The first kappa shape index (κ1) is 11.0. The molecule has 2 fully saturated rings. The van der Waals surface area contributed by atoms with E-state index in [0.717, 1.165) is 27.9 Å². The van der Waals surface area contributed by atoms with E-state index >= 15 is 0 Å². The van der Waals surface area contributed by atoms with Gasteiger partial charge >= 0.3 is 0 Å². The number of morpholine rings is 1. The minimum atomic E-state index is 0.399. The van der Waals surface area contributed by atoms with Gasteiger partial charge in [0.05, 0.1) is 16.7 Å². The maximum absolute atomic E-state index is 5.82. The second-order valence-corrected chi connectivity index (χ2v) is 6.09. The molecule has 1 aromatic rings. The summed E-state index contributed by atoms with van der Waals surface area (Å²) in [4.78, 5) is 6.80. The minimum Gasteiger partial charge on any atom is -0.371 e. The van der Waals surface area contributed by atoms with Crippen LogP contribution in [0.1, 0.15) is 12.8 Å². The topological polar surface area (TPSA) is 25.4 Å². The van der Waals surface area contributed by atoms with Gasteiger partial charge in [-0.05, 0) is 50.8 Å². The standard InChI is InChI=1S/C11H12Br2N2O/c12-7-3-10(13)11(14-4-7)15-5-8-1-2-9(6-15)16-8/h3-4,8-9H,1-2,5-6H2. The van der Waals surface area contributed by atoms with Crippen molar-refractivity contribution in [3.8, 4) is 0 Å². The van der Waals surface area contributed by atoms with Gasteiger partial charge in [0.25, 0.3) is 0 Å². The zero-order valence-electron chi connectivity index (χ0n) is 8.70. The monoisotopic (exact) mass is 346 g/mol. The Morgan fingerprint density at radius 1 is 1.25 bits per heavy atom. The average Bonchev–Trinajstić information content (AvgIpc) is 2.58. The Bertz CT molecular complexity index is 401. The Hall–Kier alpha value is -0.130. The third-order valence-electron chi connectivity index (χ3n) is 3.13. The molecule has 2 atom stereocenters. The van der Waals surface area contributed by atoms with Crippen molar-refractivity contribution in [2.75, 3.05) is 18.0 Å². The van der Waals surface area contributed by atoms with E-state index in [1.165, 1.54) is 12.8 Å². The lowest BCUT2D eigenvalue weighted by Gasteiger charge is -2.33. The minimum absolute atomic E-state index is 0.399. The number of aromatic nitrogens is 1. The van der Waals surface area contributed by atoms with E-state index in [1.807, 2.05) is 12.3 Å². The first-order chi connectivity index (χ1) is 7.72. The number of halogens is 2. The van der Waals surface area contributed by atoms with Crippen LogP contribution < -0.4 is 4.90 Å². The van der Waals surface area contributed by atoms with Crippen molar-refractivity contribution in [2.45, 2.75) is 25.0 Å². The summed E-state index contributed by atoms with van der Waals surface area (Å²) in [6.07, 6.45) is 5.02. The second-order valence-electron chi connectivity index (χ2n) is 4.32. The Morgan fingerprint density at radius 2 is 1.94 bits per heavy atom. The van der Waals surface area contributed by atoms with Crippen molar-refractivity contribution in [2.24, 2.45) is 0 Å².